The summed E-state index contributed by atoms with van der Waals surface area (Å²) in [7, 11) is -3.63. The van der Waals surface area contributed by atoms with Crippen molar-refractivity contribution in [3.8, 4) is 0 Å². The first-order valence-electron chi connectivity index (χ1n) is 8.77. The van der Waals surface area contributed by atoms with E-state index in [-0.39, 0.29) is 4.90 Å². The Hall–Kier alpha value is -2.21. The Morgan fingerprint density at radius 2 is 1.61 bits per heavy atom. The highest BCUT2D eigenvalue weighted by molar-refractivity contribution is 7.92. The second-order valence-corrected chi connectivity index (χ2v) is 8.82. The minimum atomic E-state index is -3.63. The fourth-order valence-electron chi connectivity index (χ4n) is 2.82. The second-order valence-electron chi connectivity index (χ2n) is 6.12. The average molecular weight is 435 g/mol. The molecule has 0 aromatic heterocycles. The summed E-state index contributed by atoms with van der Waals surface area (Å²) in [6.07, 6.45) is 0. The van der Waals surface area contributed by atoms with Crippen LogP contribution in [-0.4, -0.2) is 15.0 Å². The summed E-state index contributed by atoms with van der Waals surface area (Å²) in [6, 6.07) is 21.1. The van der Waals surface area contributed by atoms with E-state index in [0.717, 1.165) is 11.3 Å². The van der Waals surface area contributed by atoms with Gasteiger partial charge in [-0.3, -0.25) is 4.31 Å². The van der Waals surface area contributed by atoms with E-state index in [0.29, 0.717) is 28.8 Å². The average Bonchev–Trinajstić information content (AvgIpc) is 2.69. The smallest absolute Gasteiger partial charge is 0.264 e. The Labute approximate surface area is 175 Å². The second kappa shape index (κ2) is 8.86. The Balaban J connectivity index is 1.75. The van der Waals surface area contributed by atoms with Gasteiger partial charge in [0, 0.05) is 28.8 Å². The van der Waals surface area contributed by atoms with Gasteiger partial charge in [0.1, 0.15) is 0 Å². The number of benzene rings is 3. The van der Waals surface area contributed by atoms with Crippen molar-refractivity contribution < 1.29 is 8.42 Å². The van der Waals surface area contributed by atoms with E-state index in [4.69, 9.17) is 23.2 Å². The molecular formula is C21H20Cl2N2O2S. The zero-order chi connectivity index (χ0) is 20.1. The molecule has 0 bridgehead atoms. The van der Waals surface area contributed by atoms with E-state index in [9.17, 15) is 8.42 Å². The molecule has 3 rings (SSSR count). The molecule has 0 saturated heterocycles. The molecule has 0 atom stereocenters. The van der Waals surface area contributed by atoms with Crippen LogP contribution in [0.5, 0.6) is 0 Å². The van der Waals surface area contributed by atoms with Crippen LogP contribution in [0.25, 0.3) is 0 Å². The molecule has 0 radical (unpaired) electrons. The molecule has 7 heteroatoms. The van der Waals surface area contributed by atoms with Gasteiger partial charge in [0.2, 0.25) is 0 Å². The summed E-state index contributed by atoms with van der Waals surface area (Å²) in [5.41, 5.74) is 2.35. The number of hydrogen-bond donors (Lipinski definition) is 1. The lowest BCUT2D eigenvalue weighted by Crippen LogP contribution is -2.30. The van der Waals surface area contributed by atoms with Crippen LogP contribution in [0.3, 0.4) is 0 Å². The zero-order valence-corrected chi connectivity index (χ0v) is 17.6. The van der Waals surface area contributed by atoms with Gasteiger partial charge in [-0.1, -0.05) is 47.5 Å². The van der Waals surface area contributed by atoms with Gasteiger partial charge in [-0.05, 0) is 61.0 Å². The van der Waals surface area contributed by atoms with E-state index >= 15 is 0 Å². The predicted octanol–water partition coefficient (Wildman–Crippen LogP) is 5.82. The molecule has 28 heavy (non-hydrogen) atoms. The van der Waals surface area contributed by atoms with Crippen molar-refractivity contribution in [1.29, 1.82) is 0 Å². The topological polar surface area (TPSA) is 49.4 Å². The molecule has 0 saturated carbocycles. The van der Waals surface area contributed by atoms with Crippen LogP contribution in [0.15, 0.2) is 77.7 Å². The lowest BCUT2D eigenvalue weighted by atomic mass is 10.2. The van der Waals surface area contributed by atoms with Gasteiger partial charge in [0.05, 0.1) is 10.6 Å². The number of sulfonamides is 1. The number of anilines is 2. The number of halogens is 2. The largest absolute Gasteiger partial charge is 0.381 e. The molecule has 4 nitrogen and oxygen atoms in total. The summed E-state index contributed by atoms with van der Waals surface area (Å²) >= 11 is 12.1. The Morgan fingerprint density at radius 1 is 0.929 bits per heavy atom. The molecule has 146 valence electrons. The zero-order valence-electron chi connectivity index (χ0n) is 15.3. The molecule has 3 aromatic rings. The third-order valence-electron chi connectivity index (χ3n) is 4.27. The van der Waals surface area contributed by atoms with Gasteiger partial charge in [0.25, 0.3) is 10.0 Å². The molecule has 3 aromatic carbocycles. The van der Waals surface area contributed by atoms with Crippen LogP contribution in [0.4, 0.5) is 11.4 Å². The molecule has 0 spiro atoms. The fraction of sp³-hybridized carbons (Fsp3) is 0.143. The number of nitrogens with zero attached hydrogens (tertiary/aromatic N) is 1. The highest BCUT2D eigenvalue weighted by atomic mass is 35.5. The lowest BCUT2D eigenvalue weighted by molar-refractivity contribution is 0.592. The molecular weight excluding hydrogens is 415 g/mol. The number of rotatable bonds is 7. The molecule has 0 aliphatic carbocycles. The van der Waals surface area contributed by atoms with E-state index in [1.807, 2.05) is 31.2 Å². The summed E-state index contributed by atoms with van der Waals surface area (Å²) < 4.78 is 27.4. The van der Waals surface area contributed by atoms with Crippen LogP contribution in [0.2, 0.25) is 10.0 Å². The summed E-state index contributed by atoms with van der Waals surface area (Å²) in [5, 5.41) is 4.41. The minimum Gasteiger partial charge on any atom is -0.381 e. The molecule has 0 fully saturated rings. The molecule has 0 heterocycles. The van der Waals surface area contributed by atoms with Gasteiger partial charge in [0.15, 0.2) is 0 Å². The van der Waals surface area contributed by atoms with Gasteiger partial charge in [-0.25, -0.2) is 8.42 Å². The van der Waals surface area contributed by atoms with Gasteiger partial charge < -0.3 is 5.32 Å². The fourth-order valence-corrected chi connectivity index (χ4v) is 4.77. The van der Waals surface area contributed by atoms with Crippen LogP contribution in [-0.2, 0) is 16.6 Å². The highest BCUT2D eigenvalue weighted by Crippen LogP contribution is 2.25. The van der Waals surface area contributed by atoms with Crippen molar-refractivity contribution in [2.45, 2.75) is 18.4 Å². The van der Waals surface area contributed by atoms with Crippen molar-refractivity contribution >= 4 is 44.6 Å². The summed E-state index contributed by atoms with van der Waals surface area (Å²) in [4.78, 5) is 0.244. The molecule has 0 aliphatic rings. The van der Waals surface area contributed by atoms with E-state index < -0.39 is 10.0 Å². The maximum atomic E-state index is 13.0. The Kier molecular flexibility index (Phi) is 6.50. The first kappa shape index (κ1) is 20.5. The SMILES string of the molecule is CCN(c1ccccc1)S(=O)(=O)c1ccc(NCc2ccc(Cl)cc2Cl)cc1. The standard InChI is InChI=1S/C21H20Cl2N2O2S/c1-2-25(19-6-4-3-5-7-19)28(26,27)20-12-10-18(11-13-20)24-15-16-8-9-17(22)14-21(16)23/h3-14,24H,2,15H2,1H3. The van der Waals surface area contributed by atoms with Crippen molar-refractivity contribution in [2.24, 2.45) is 0 Å². The molecule has 1 N–H and O–H groups in total. The molecule has 0 unspecified atom stereocenters. The Bertz CT molecular complexity index is 1040. The van der Waals surface area contributed by atoms with Crippen LogP contribution in [0.1, 0.15) is 12.5 Å². The first-order valence-corrected chi connectivity index (χ1v) is 11.0. The molecule has 0 amide bonds. The third kappa shape index (κ3) is 4.61. The van der Waals surface area contributed by atoms with Crippen molar-refractivity contribution in [2.75, 3.05) is 16.2 Å². The van der Waals surface area contributed by atoms with E-state index in [2.05, 4.69) is 5.32 Å². The quantitative estimate of drug-likeness (QED) is 0.509. The van der Waals surface area contributed by atoms with Crippen molar-refractivity contribution in [3.63, 3.8) is 0 Å². The maximum absolute atomic E-state index is 13.0. The summed E-state index contributed by atoms with van der Waals surface area (Å²) in [5.74, 6) is 0. The van der Waals surface area contributed by atoms with E-state index in [1.165, 1.54) is 4.31 Å². The van der Waals surface area contributed by atoms with Crippen LogP contribution in [0, 0.1) is 0 Å². The Morgan fingerprint density at radius 3 is 2.21 bits per heavy atom. The van der Waals surface area contributed by atoms with Crippen LogP contribution >= 0.6 is 23.2 Å². The predicted molar refractivity (Wildman–Crippen MR) is 117 cm³/mol. The van der Waals surface area contributed by atoms with Crippen LogP contribution < -0.4 is 9.62 Å². The molecule has 0 aliphatic heterocycles. The minimum absolute atomic E-state index is 0.244. The number of nitrogens with one attached hydrogen (secondary N) is 1. The van der Waals surface area contributed by atoms with Gasteiger partial charge in [-0.2, -0.15) is 0 Å². The third-order valence-corrected chi connectivity index (χ3v) is 6.78. The first-order chi connectivity index (χ1) is 13.4. The number of hydrogen-bond acceptors (Lipinski definition) is 3. The lowest BCUT2D eigenvalue weighted by Gasteiger charge is -2.23. The number of para-hydroxylation sites is 1. The van der Waals surface area contributed by atoms with Gasteiger partial charge >= 0.3 is 0 Å². The monoisotopic (exact) mass is 434 g/mol. The normalized spacial score (nSPS) is 11.2. The summed E-state index contributed by atoms with van der Waals surface area (Å²) in [6.45, 7) is 2.67. The van der Waals surface area contributed by atoms with E-state index in [1.54, 1.807) is 48.5 Å². The van der Waals surface area contributed by atoms with Gasteiger partial charge in [-0.15, -0.1) is 0 Å². The maximum Gasteiger partial charge on any atom is 0.264 e. The van der Waals surface area contributed by atoms with Crippen molar-refractivity contribution in [3.05, 3.63) is 88.4 Å². The van der Waals surface area contributed by atoms with Crippen molar-refractivity contribution in [1.82, 2.24) is 0 Å². The highest BCUT2D eigenvalue weighted by Gasteiger charge is 2.23.